The van der Waals surface area contributed by atoms with Crippen LogP contribution < -0.4 is 10.6 Å². The SMILES string of the molecule is COC(=O)c1ccc(N2CC(C(N)=O)CC2=O)nc1. The highest BCUT2D eigenvalue weighted by molar-refractivity contribution is 5.99. The van der Waals surface area contributed by atoms with Crippen molar-refractivity contribution in [2.45, 2.75) is 6.42 Å². The second-order valence-electron chi connectivity index (χ2n) is 4.20. The molecule has 1 saturated heterocycles. The van der Waals surface area contributed by atoms with Crippen LogP contribution in [0.25, 0.3) is 0 Å². The molecule has 2 heterocycles. The second kappa shape index (κ2) is 5.05. The highest BCUT2D eigenvalue weighted by atomic mass is 16.5. The molecule has 7 nitrogen and oxygen atoms in total. The van der Waals surface area contributed by atoms with Crippen LogP contribution in [0.4, 0.5) is 5.82 Å². The van der Waals surface area contributed by atoms with Gasteiger partial charge in [0.2, 0.25) is 11.8 Å². The number of ether oxygens (including phenoxy) is 1. The minimum Gasteiger partial charge on any atom is -0.465 e. The molecule has 0 saturated carbocycles. The third kappa shape index (κ3) is 2.54. The van der Waals surface area contributed by atoms with Gasteiger partial charge in [-0.1, -0.05) is 0 Å². The minimum atomic E-state index is -0.498. The number of amides is 2. The number of methoxy groups -OCH3 is 1. The zero-order valence-electron chi connectivity index (χ0n) is 10.3. The van der Waals surface area contributed by atoms with Crippen LogP contribution in [0.15, 0.2) is 18.3 Å². The fraction of sp³-hybridized carbons (Fsp3) is 0.333. The monoisotopic (exact) mass is 263 g/mol. The summed E-state index contributed by atoms with van der Waals surface area (Å²) in [5.74, 6) is -1.30. The van der Waals surface area contributed by atoms with Crippen LogP contribution in [0.1, 0.15) is 16.8 Å². The summed E-state index contributed by atoms with van der Waals surface area (Å²) in [4.78, 5) is 39.5. The molecule has 2 rings (SSSR count). The van der Waals surface area contributed by atoms with Gasteiger partial charge in [0.05, 0.1) is 18.6 Å². The van der Waals surface area contributed by atoms with Gasteiger partial charge in [0.25, 0.3) is 0 Å². The molecule has 2 amide bonds. The Balaban J connectivity index is 2.17. The van der Waals surface area contributed by atoms with E-state index in [1.165, 1.54) is 30.3 Å². The van der Waals surface area contributed by atoms with Crippen LogP contribution in [-0.4, -0.2) is 36.4 Å². The van der Waals surface area contributed by atoms with Gasteiger partial charge < -0.3 is 10.5 Å². The lowest BCUT2D eigenvalue weighted by Gasteiger charge is -2.14. The molecular formula is C12H13N3O4. The van der Waals surface area contributed by atoms with E-state index in [1.807, 2.05) is 0 Å². The molecule has 19 heavy (non-hydrogen) atoms. The third-order valence-electron chi connectivity index (χ3n) is 2.97. The summed E-state index contributed by atoms with van der Waals surface area (Å²) in [6.45, 7) is 0.221. The van der Waals surface area contributed by atoms with Crippen molar-refractivity contribution in [3.05, 3.63) is 23.9 Å². The molecule has 0 spiro atoms. The van der Waals surface area contributed by atoms with E-state index in [9.17, 15) is 14.4 Å². The molecule has 1 aromatic rings. The first kappa shape index (κ1) is 13.0. The lowest BCUT2D eigenvalue weighted by molar-refractivity contribution is -0.123. The number of pyridine rings is 1. The molecule has 1 aliphatic rings. The van der Waals surface area contributed by atoms with Crippen molar-refractivity contribution in [3.63, 3.8) is 0 Å². The molecule has 0 radical (unpaired) electrons. The lowest BCUT2D eigenvalue weighted by atomic mass is 10.1. The lowest BCUT2D eigenvalue weighted by Crippen LogP contribution is -2.29. The predicted octanol–water partition coefficient (Wildman–Crippen LogP) is -0.294. The van der Waals surface area contributed by atoms with Crippen LogP contribution in [0, 0.1) is 5.92 Å². The highest BCUT2D eigenvalue weighted by Gasteiger charge is 2.34. The third-order valence-corrected chi connectivity index (χ3v) is 2.97. The molecule has 0 aromatic carbocycles. The minimum absolute atomic E-state index is 0.0930. The summed E-state index contributed by atoms with van der Waals surface area (Å²) in [6, 6.07) is 3.05. The van der Waals surface area contributed by atoms with Gasteiger partial charge in [-0.3, -0.25) is 14.5 Å². The molecule has 1 fully saturated rings. The van der Waals surface area contributed by atoms with Gasteiger partial charge in [-0.05, 0) is 12.1 Å². The van der Waals surface area contributed by atoms with E-state index in [1.54, 1.807) is 0 Å². The number of carbonyl (C=O) groups is 3. The Morgan fingerprint density at radius 1 is 1.47 bits per heavy atom. The number of nitrogens with two attached hydrogens (primary N) is 1. The second-order valence-corrected chi connectivity index (χ2v) is 4.20. The Hall–Kier alpha value is -2.44. The van der Waals surface area contributed by atoms with Gasteiger partial charge >= 0.3 is 5.97 Å². The first-order valence-corrected chi connectivity index (χ1v) is 5.67. The number of hydrogen-bond donors (Lipinski definition) is 1. The summed E-state index contributed by atoms with van der Waals surface area (Å²) < 4.78 is 4.55. The quantitative estimate of drug-likeness (QED) is 0.754. The summed E-state index contributed by atoms with van der Waals surface area (Å²) >= 11 is 0. The molecule has 1 unspecified atom stereocenters. The summed E-state index contributed by atoms with van der Waals surface area (Å²) in [5, 5.41) is 0. The Bertz CT molecular complexity index is 526. The highest BCUT2D eigenvalue weighted by Crippen LogP contribution is 2.23. The zero-order chi connectivity index (χ0) is 14.0. The molecular weight excluding hydrogens is 250 g/mol. The van der Waals surface area contributed by atoms with E-state index >= 15 is 0 Å². The standard InChI is InChI=1S/C12H13N3O4/c1-19-12(18)7-2-3-9(14-5-7)15-6-8(11(13)17)4-10(15)16/h2-3,5,8H,4,6H2,1H3,(H2,13,17). The largest absolute Gasteiger partial charge is 0.465 e. The Morgan fingerprint density at radius 3 is 2.68 bits per heavy atom. The van der Waals surface area contributed by atoms with Crippen molar-refractivity contribution >= 4 is 23.6 Å². The molecule has 7 heteroatoms. The number of rotatable bonds is 3. The van der Waals surface area contributed by atoms with Gasteiger partial charge in [0.1, 0.15) is 5.82 Å². The molecule has 100 valence electrons. The smallest absolute Gasteiger partial charge is 0.339 e. The molecule has 1 aliphatic heterocycles. The summed E-state index contributed by atoms with van der Waals surface area (Å²) in [5.41, 5.74) is 5.48. The first-order chi connectivity index (χ1) is 9.02. The topological polar surface area (TPSA) is 103 Å². The fourth-order valence-corrected chi connectivity index (χ4v) is 1.90. The molecule has 0 bridgehead atoms. The maximum atomic E-state index is 11.8. The number of anilines is 1. The summed E-state index contributed by atoms with van der Waals surface area (Å²) in [6.07, 6.45) is 1.42. The molecule has 1 aromatic heterocycles. The number of esters is 1. The van der Waals surface area contributed by atoms with Crippen molar-refractivity contribution in [3.8, 4) is 0 Å². The van der Waals surface area contributed by atoms with Gasteiger partial charge in [-0.2, -0.15) is 0 Å². The van der Waals surface area contributed by atoms with E-state index in [0.29, 0.717) is 11.4 Å². The fourth-order valence-electron chi connectivity index (χ4n) is 1.90. The van der Waals surface area contributed by atoms with Crippen LogP contribution in [0.5, 0.6) is 0 Å². The van der Waals surface area contributed by atoms with Crippen molar-refractivity contribution in [1.82, 2.24) is 4.98 Å². The first-order valence-electron chi connectivity index (χ1n) is 5.67. The normalized spacial score (nSPS) is 18.5. The maximum Gasteiger partial charge on any atom is 0.339 e. The van der Waals surface area contributed by atoms with Gasteiger partial charge in [0, 0.05) is 19.2 Å². The van der Waals surface area contributed by atoms with Crippen molar-refractivity contribution in [2.24, 2.45) is 11.7 Å². The Kier molecular flexibility index (Phi) is 3.46. The van der Waals surface area contributed by atoms with Crippen LogP contribution >= 0.6 is 0 Å². The maximum absolute atomic E-state index is 11.8. The van der Waals surface area contributed by atoms with Crippen molar-refractivity contribution < 1.29 is 19.1 Å². The molecule has 1 atom stereocenters. The van der Waals surface area contributed by atoms with E-state index in [4.69, 9.17) is 5.73 Å². The Morgan fingerprint density at radius 2 is 2.21 bits per heavy atom. The average Bonchev–Trinajstić information content (AvgIpc) is 2.80. The number of carbonyl (C=O) groups excluding carboxylic acids is 3. The van der Waals surface area contributed by atoms with Gasteiger partial charge in [-0.15, -0.1) is 0 Å². The van der Waals surface area contributed by atoms with E-state index in [2.05, 4.69) is 9.72 Å². The van der Waals surface area contributed by atoms with Gasteiger partial charge in [0.15, 0.2) is 0 Å². The van der Waals surface area contributed by atoms with Crippen LogP contribution in [0.2, 0.25) is 0 Å². The predicted molar refractivity (Wildman–Crippen MR) is 65.2 cm³/mol. The van der Waals surface area contributed by atoms with Crippen molar-refractivity contribution in [2.75, 3.05) is 18.6 Å². The number of aromatic nitrogens is 1. The van der Waals surface area contributed by atoms with E-state index < -0.39 is 17.8 Å². The van der Waals surface area contributed by atoms with Gasteiger partial charge in [-0.25, -0.2) is 9.78 Å². The molecule has 2 N–H and O–H groups in total. The Labute approximate surface area is 109 Å². The summed E-state index contributed by atoms with van der Waals surface area (Å²) in [7, 11) is 1.28. The zero-order valence-corrected chi connectivity index (χ0v) is 10.3. The van der Waals surface area contributed by atoms with E-state index in [-0.39, 0.29) is 18.9 Å². The molecule has 0 aliphatic carbocycles. The number of primary amides is 1. The van der Waals surface area contributed by atoms with Crippen molar-refractivity contribution in [1.29, 1.82) is 0 Å². The number of hydrogen-bond acceptors (Lipinski definition) is 5. The van der Waals surface area contributed by atoms with Crippen LogP contribution in [0.3, 0.4) is 0 Å². The number of nitrogens with zero attached hydrogens (tertiary/aromatic N) is 2. The van der Waals surface area contributed by atoms with E-state index in [0.717, 1.165) is 0 Å². The van der Waals surface area contributed by atoms with Crippen LogP contribution in [-0.2, 0) is 14.3 Å². The average molecular weight is 263 g/mol.